The van der Waals surface area contributed by atoms with Crippen molar-refractivity contribution in [1.82, 2.24) is 0 Å². The smallest absolute Gasteiger partial charge is 0.0374 e. The first-order valence-electron chi connectivity index (χ1n) is 7.24. The lowest BCUT2D eigenvalue weighted by Crippen LogP contribution is -2.25. The highest BCUT2D eigenvalue weighted by molar-refractivity contribution is 5.53. The maximum Gasteiger partial charge on any atom is 0.0374 e. The Balaban J connectivity index is 1.71. The van der Waals surface area contributed by atoms with Crippen LogP contribution in [0.1, 0.15) is 57.4 Å². The lowest BCUT2D eigenvalue weighted by atomic mass is 9.94. The minimum atomic E-state index is 0.714. The van der Waals surface area contributed by atoms with Crippen LogP contribution >= 0.6 is 0 Å². The molecule has 17 heavy (non-hydrogen) atoms. The van der Waals surface area contributed by atoms with Gasteiger partial charge in [0.05, 0.1) is 0 Å². The molecule has 0 saturated heterocycles. The summed E-state index contributed by atoms with van der Waals surface area (Å²) in [6, 6.07) is 9.46. The summed E-state index contributed by atoms with van der Waals surface area (Å²) in [5.74, 6) is 0. The van der Waals surface area contributed by atoms with E-state index in [1.54, 1.807) is 0 Å². The fourth-order valence-electron chi connectivity index (χ4n) is 2.71. The van der Waals surface area contributed by atoms with Crippen molar-refractivity contribution in [2.45, 2.75) is 64.3 Å². The van der Waals surface area contributed by atoms with Gasteiger partial charge in [-0.25, -0.2) is 0 Å². The van der Waals surface area contributed by atoms with Gasteiger partial charge < -0.3 is 5.32 Å². The van der Waals surface area contributed by atoms with E-state index in [-0.39, 0.29) is 0 Å². The molecule has 0 aliphatic carbocycles. The summed E-state index contributed by atoms with van der Waals surface area (Å²) in [4.78, 5) is 0. The summed E-state index contributed by atoms with van der Waals surface area (Å²) in [5, 5.41) is 3.69. The Bertz CT molecular complexity index is 332. The SMILES string of the molecule is CCCCCCC[C@H]1CCc2ccccc2N1. The minimum Gasteiger partial charge on any atom is -0.382 e. The van der Waals surface area contributed by atoms with Gasteiger partial charge in [-0.3, -0.25) is 0 Å². The van der Waals surface area contributed by atoms with E-state index in [0.29, 0.717) is 6.04 Å². The molecule has 94 valence electrons. The zero-order valence-corrected chi connectivity index (χ0v) is 11.0. The Kier molecular flexibility index (Phi) is 4.90. The Labute approximate surface area is 106 Å². The first-order valence-corrected chi connectivity index (χ1v) is 7.24. The van der Waals surface area contributed by atoms with Crippen LogP contribution in [0, 0.1) is 0 Å². The standard InChI is InChI=1S/C16H25N/c1-2-3-4-5-6-10-15-13-12-14-9-7-8-11-16(14)17-15/h7-9,11,15,17H,2-6,10,12-13H2,1H3/t15-/m0/s1. The highest BCUT2D eigenvalue weighted by Gasteiger charge is 2.16. The predicted molar refractivity (Wildman–Crippen MR) is 75.5 cm³/mol. The van der Waals surface area contributed by atoms with Gasteiger partial charge in [-0.2, -0.15) is 0 Å². The zero-order valence-electron chi connectivity index (χ0n) is 11.0. The summed E-state index contributed by atoms with van der Waals surface area (Å²) in [6.07, 6.45) is 10.9. The van der Waals surface area contributed by atoms with Crippen LogP contribution in [0.4, 0.5) is 5.69 Å². The van der Waals surface area contributed by atoms with Crippen molar-refractivity contribution in [3.05, 3.63) is 29.8 Å². The molecule has 0 radical (unpaired) electrons. The van der Waals surface area contributed by atoms with Crippen molar-refractivity contribution in [3.63, 3.8) is 0 Å². The molecule has 0 spiro atoms. The van der Waals surface area contributed by atoms with Crippen LogP contribution in [0.2, 0.25) is 0 Å². The number of nitrogens with one attached hydrogen (secondary N) is 1. The first kappa shape index (κ1) is 12.5. The predicted octanol–water partition coefficient (Wildman–Crippen LogP) is 4.77. The lowest BCUT2D eigenvalue weighted by Gasteiger charge is -2.27. The normalized spacial score (nSPS) is 18.5. The number of anilines is 1. The molecule has 1 aliphatic rings. The summed E-state index contributed by atoms with van der Waals surface area (Å²) in [7, 11) is 0. The van der Waals surface area contributed by atoms with E-state index in [9.17, 15) is 0 Å². The Hall–Kier alpha value is -0.980. The molecule has 0 fully saturated rings. The van der Waals surface area contributed by atoms with E-state index in [1.165, 1.54) is 62.6 Å². The number of para-hydroxylation sites is 1. The number of hydrogen-bond donors (Lipinski definition) is 1. The molecule has 1 nitrogen and oxygen atoms in total. The van der Waals surface area contributed by atoms with Crippen molar-refractivity contribution in [1.29, 1.82) is 0 Å². The average molecular weight is 231 g/mol. The zero-order chi connectivity index (χ0) is 11.9. The first-order chi connectivity index (χ1) is 8.40. The summed E-state index contributed by atoms with van der Waals surface area (Å²) in [5.41, 5.74) is 2.87. The van der Waals surface area contributed by atoms with Crippen molar-refractivity contribution in [2.24, 2.45) is 0 Å². The average Bonchev–Trinajstić information content (AvgIpc) is 2.38. The fraction of sp³-hybridized carbons (Fsp3) is 0.625. The van der Waals surface area contributed by atoms with Crippen LogP contribution in [0.5, 0.6) is 0 Å². The van der Waals surface area contributed by atoms with Gasteiger partial charge in [-0.05, 0) is 30.9 Å². The molecule has 1 N–H and O–H groups in total. The van der Waals surface area contributed by atoms with E-state index >= 15 is 0 Å². The van der Waals surface area contributed by atoms with Gasteiger partial charge in [0.1, 0.15) is 0 Å². The van der Waals surface area contributed by atoms with Crippen molar-refractivity contribution in [3.8, 4) is 0 Å². The van der Waals surface area contributed by atoms with Crippen LogP contribution in [0.3, 0.4) is 0 Å². The Morgan fingerprint density at radius 1 is 1.12 bits per heavy atom. The molecule has 1 heteroatoms. The van der Waals surface area contributed by atoms with Crippen molar-refractivity contribution < 1.29 is 0 Å². The second-order valence-electron chi connectivity index (χ2n) is 5.24. The van der Waals surface area contributed by atoms with Gasteiger partial charge in [0.15, 0.2) is 0 Å². The van der Waals surface area contributed by atoms with Crippen LogP contribution in [-0.2, 0) is 6.42 Å². The molecule has 0 aromatic heterocycles. The minimum absolute atomic E-state index is 0.714. The van der Waals surface area contributed by atoms with Gasteiger partial charge >= 0.3 is 0 Å². The molecule has 1 heterocycles. The van der Waals surface area contributed by atoms with Crippen LogP contribution in [0.25, 0.3) is 0 Å². The van der Waals surface area contributed by atoms with E-state index in [1.807, 2.05) is 0 Å². The molecule has 2 rings (SSSR count). The van der Waals surface area contributed by atoms with Crippen LogP contribution in [-0.4, -0.2) is 6.04 Å². The highest BCUT2D eigenvalue weighted by Crippen LogP contribution is 2.26. The number of unbranched alkanes of at least 4 members (excludes halogenated alkanes) is 4. The number of aryl methyl sites for hydroxylation is 1. The molecular weight excluding hydrogens is 206 g/mol. The molecule has 1 aromatic carbocycles. The summed E-state index contributed by atoms with van der Waals surface area (Å²) in [6.45, 7) is 2.28. The monoisotopic (exact) mass is 231 g/mol. The summed E-state index contributed by atoms with van der Waals surface area (Å²) < 4.78 is 0. The Morgan fingerprint density at radius 3 is 2.82 bits per heavy atom. The van der Waals surface area contributed by atoms with E-state index < -0.39 is 0 Å². The molecule has 1 aromatic rings. The van der Waals surface area contributed by atoms with Crippen molar-refractivity contribution in [2.75, 3.05) is 5.32 Å². The Morgan fingerprint density at radius 2 is 1.94 bits per heavy atom. The number of rotatable bonds is 6. The topological polar surface area (TPSA) is 12.0 Å². The number of hydrogen-bond acceptors (Lipinski definition) is 1. The number of benzene rings is 1. The molecule has 1 atom stereocenters. The highest BCUT2D eigenvalue weighted by atomic mass is 14.9. The van der Waals surface area contributed by atoms with E-state index in [0.717, 1.165) is 0 Å². The molecule has 0 bridgehead atoms. The van der Waals surface area contributed by atoms with Crippen LogP contribution in [0.15, 0.2) is 24.3 Å². The largest absolute Gasteiger partial charge is 0.382 e. The maximum atomic E-state index is 3.69. The third-order valence-corrected chi connectivity index (χ3v) is 3.80. The molecule has 0 amide bonds. The molecule has 0 saturated carbocycles. The number of fused-ring (bicyclic) bond motifs is 1. The van der Waals surface area contributed by atoms with Gasteiger partial charge in [0.2, 0.25) is 0 Å². The van der Waals surface area contributed by atoms with Crippen LogP contribution < -0.4 is 5.32 Å². The second-order valence-corrected chi connectivity index (χ2v) is 5.24. The maximum absolute atomic E-state index is 3.69. The third kappa shape index (κ3) is 3.76. The van der Waals surface area contributed by atoms with E-state index in [2.05, 4.69) is 36.5 Å². The lowest BCUT2D eigenvalue weighted by molar-refractivity contribution is 0.529. The van der Waals surface area contributed by atoms with Gasteiger partial charge in [0, 0.05) is 11.7 Å². The molecule has 1 aliphatic heterocycles. The molecule has 0 unspecified atom stereocenters. The quantitative estimate of drug-likeness (QED) is 0.695. The van der Waals surface area contributed by atoms with Gasteiger partial charge in [-0.15, -0.1) is 0 Å². The third-order valence-electron chi connectivity index (χ3n) is 3.80. The second kappa shape index (κ2) is 6.68. The van der Waals surface area contributed by atoms with Crippen molar-refractivity contribution >= 4 is 5.69 Å². The van der Waals surface area contributed by atoms with Gasteiger partial charge in [-0.1, -0.05) is 57.2 Å². The molecular formula is C16H25N. The van der Waals surface area contributed by atoms with Gasteiger partial charge in [0.25, 0.3) is 0 Å². The van der Waals surface area contributed by atoms with E-state index in [4.69, 9.17) is 0 Å². The summed E-state index contributed by atoms with van der Waals surface area (Å²) >= 11 is 0. The fourth-order valence-corrected chi connectivity index (χ4v) is 2.71.